The van der Waals surface area contributed by atoms with Gasteiger partial charge in [0.05, 0.1) is 17.6 Å². The van der Waals surface area contributed by atoms with E-state index in [2.05, 4.69) is 5.32 Å². The van der Waals surface area contributed by atoms with Gasteiger partial charge in [0.25, 0.3) is 5.91 Å². The van der Waals surface area contributed by atoms with E-state index in [0.717, 1.165) is 6.07 Å². The van der Waals surface area contributed by atoms with Crippen LogP contribution in [0.15, 0.2) is 60.7 Å². The molecule has 10 nitrogen and oxygen atoms in total. The first kappa shape index (κ1) is 23.4. The number of halogens is 1. The fourth-order valence-corrected chi connectivity index (χ4v) is 2.84. The van der Waals surface area contributed by atoms with Crippen molar-refractivity contribution < 1.29 is 33.8 Å². The quantitative estimate of drug-likeness (QED) is 0.211. The molecule has 0 heterocycles. The molecule has 3 aromatic carbocycles. The maximum Gasteiger partial charge on any atom is 0.338 e. The number of carbonyl (C=O) groups is 2. The highest BCUT2D eigenvalue weighted by molar-refractivity contribution is 6.30. The highest BCUT2D eigenvalue weighted by Gasteiger charge is 2.19. The second kappa shape index (κ2) is 10.3. The van der Waals surface area contributed by atoms with Crippen LogP contribution in [0.4, 0.5) is 11.4 Å². The van der Waals surface area contributed by atoms with Crippen LogP contribution >= 0.6 is 11.6 Å². The lowest BCUT2D eigenvalue weighted by Gasteiger charge is -2.12. The second-order valence-electron chi connectivity index (χ2n) is 6.51. The van der Waals surface area contributed by atoms with Gasteiger partial charge in [-0.1, -0.05) is 11.6 Å². The largest absolute Gasteiger partial charge is 0.508 e. The van der Waals surface area contributed by atoms with Crippen LogP contribution in [0, 0.1) is 10.1 Å². The Bertz CT molecular complexity index is 1200. The van der Waals surface area contributed by atoms with Gasteiger partial charge in [-0.3, -0.25) is 14.9 Å². The van der Waals surface area contributed by atoms with Crippen LogP contribution in [0.1, 0.15) is 10.4 Å². The number of nitro benzene ring substituents is 1. The number of esters is 1. The highest BCUT2D eigenvalue weighted by Crippen LogP contribution is 2.38. The third-order valence-electron chi connectivity index (χ3n) is 4.22. The topological polar surface area (TPSA) is 137 Å². The smallest absolute Gasteiger partial charge is 0.338 e. The molecule has 0 unspecified atom stereocenters. The van der Waals surface area contributed by atoms with Crippen molar-refractivity contribution >= 4 is 34.9 Å². The number of hydrogen-bond donors (Lipinski definition) is 2. The number of benzene rings is 3. The molecular weight excluding hydrogens is 456 g/mol. The van der Waals surface area contributed by atoms with Crippen molar-refractivity contribution in [1.29, 1.82) is 0 Å². The van der Waals surface area contributed by atoms with Crippen LogP contribution in [0.3, 0.4) is 0 Å². The van der Waals surface area contributed by atoms with Gasteiger partial charge in [0.1, 0.15) is 5.75 Å². The van der Waals surface area contributed by atoms with E-state index in [1.807, 2.05) is 0 Å². The van der Waals surface area contributed by atoms with Gasteiger partial charge < -0.3 is 24.6 Å². The lowest BCUT2D eigenvalue weighted by Crippen LogP contribution is -2.20. The molecule has 0 fully saturated rings. The number of nitrogens with one attached hydrogen (secondary N) is 1. The Hall–Kier alpha value is -4.31. The van der Waals surface area contributed by atoms with Gasteiger partial charge in [-0.2, -0.15) is 0 Å². The van der Waals surface area contributed by atoms with Crippen LogP contribution in [0.5, 0.6) is 23.0 Å². The number of nitro groups is 1. The number of carbonyl (C=O) groups excluding carboxylic acids is 2. The molecule has 0 aliphatic carbocycles. The standard InChI is InChI=1S/C22H17ClN2O8/c1-31-20-10-13(22(28)32-12-21(27)24-15-4-6-16(26)7-5-15)2-8-19(20)33-18-9-3-14(23)11-17(18)25(29)30/h2-11,26H,12H2,1H3,(H,24,27). The van der Waals surface area contributed by atoms with E-state index in [1.165, 1.54) is 61.7 Å². The number of phenolic OH excluding ortho intramolecular Hbond substituents is 1. The van der Waals surface area contributed by atoms with E-state index in [1.54, 1.807) is 0 Å². The average molecular weight is 473 g/mol. The molecule has 0 saturated carbocycles. The van der Waals surface area contributed by atoms with Gasteiger partial charge >= 0.3 is 11.7 Å². The fraction of sp³-hybridized carbons (Fsp3) is 0.0909. The molecule has 11 heteroatoms. The third-order valence-corrected chi connectivity index (χ3v) is 4.46. The summed E-state index contributed by atoms with van der Waals surface area (Å²) in [6.07, 6.45) is 0. The number of hydrogen-bond acceptors (Lipinski definition) is 8. The number of amides is 1. The molecule has 0 spiro atoms. The van der Waals surface area contributed by atoms with Crippen molar-refractivity contribution in [2.24, 2.45) is 0 Å². The zero-order valence-corrected chi connectivity index (χ0v) is 17.9. The third kappa shape index (κ3) is 6.11. The highest BCUT2D eigenvalue weighted by atomic mass is 35.5. The number of rotatable bonds is 8. The van der Waals surface area contributed by atoms with Crippen LogP contribution < -0.4 is 14.8 Å². The van der Waals surface area contributed by atoms with Gasteiger partial charge in [-0.05, 0) is 54.6 Å². The normalized spacial score (nSPS) is 10.2. The summed E-state index contributed by atoms with van der Waals surface area (Å²) in [6.45, 7) is -0.544. The van der Waals surface area contributed by atoms with E-state index in [-0.39, 0.29) is 39.3 Å². The van der Waals surface area contributed by atoms with Crippen LogP contribution in [-0.2, 0) is 9.53 Å². The average Bonchev–Trinajstić information content (AvgIpc) is 2.80. The fourth-order valence-electron chi connectivity index (χ4n) is 2.67. The van der Waals surface area contributed by atoms with Crippen molar-refractivity contribution in [2.45, 2.75) is 0 Å². The summed E-state index contributed by atoms with van der Waals surface area (Å²) in [7, 11) is 1.33. The molecule has 0 radical (unpaired) electrons. The lowest BCUT2D eigenvalue weighted by atomic mass is 10.2. The van der Waals surface area contributed by atoms with Crippen molar-refractivity contribution in [3.8, 4) is 23.0 Å². The Morgan fingerprint density at radius 2 is 1.73 bits per heavy atom. The van der Waals surface area contributed by atoms with Gasteiger partial charge in [0.2, 0.25) is 5.75 Å². The molecule has 1 amide bonds. The summed E-state index contributed by atoms with van der Waals surface area (Å²) in [6, 6.07) is 13.8. The second-order valence-corrected chi connectivity index (χ2v) is 6.94. The first-order valence-corrected chi connectivity index (χ1v) is 9.70. The number of aromatic hydroxyl groups is 1. The van der Waals surface area contributed by atoms with Crippen LogP contribution in [0.2, 0.25) is 5.02 Å². The molecule has 0 atom stereocenters. The predicted molar refractivity (Wildman–Crippen MR) is 118 cm³/mol. The monoisotopic (exact) mass is 472 g/mol. The van der Waals surface area contributed by atoms with Crippen molar-refractivity contribution in [3.63, 3.8) is 0 Å². The number of anilines is 1. The minimum absolute atomic E-state index is 0.0477. The van der Waals surface area contributed by atoms with E-state index >= 15 is 0 Å². The predicted octanol–water partition coefficient (Wildman–Crippen LogP) is 4.55. The molecule has 0 aromatic heterocycles. The molecule has 0 aliphatic heterocycles. The van der Waals surface area contributed by atoms with Crippen molar-refractivity contribution in [3.05, 3.63) is 81.4 Å². The molecule has 0 bridgehead atoms. The van der Waals surface area contributed by atoms with E-state index in [9.17, 15) is 24.8 Å². The number of ether oxygens (including phenoxy) is 3. The summed E-state index contributed by atoms with van der Waals surface area (Å²) in [5, 5.41) is 23.2. The molecule has 2 N–H and O–H groups in total. The first-order valence-electron chi connectivity index (χ1n) is 9.32. The molecule has 3 rings (SSSR count). The van der Waals surface area contributed by atoms with Gasteiger partial charge in [0.15, 0.2) is 18.1 Å². The molecule has 3 aromatic rings. The molecule has 170 valence electrons. The van der Waals surface area contributed by atoms with Gasteiger partial charge in [-0.15, -0.1) is 0 Å². The zero-order valence-electron chi connectivity index (χ0n) is 17.1. The van der Waals surface area contributed by atoms with E-state index in [4.69, 9.17) is 25.8 Å². The molecule has 0 aliphatic rings. The molecule has 0 saturated heterocycles. The summed E-state index contributed by atoms with van der Waals surface area (Å²) in [4.78, 5) is 34.9. The first-order chi connectivity index (χ1) is 15.8. The van der Waals surface area contributed by atoms with Crippen molar-refractivity contribution in [2.75, 3.05) is 19.0 Å². The summed E-state index contributed by atoms with van der Waals surface area (Å²) < 4.78 is 15.8. The minimum atomic E-state index is -0.793. The van der Waals surface area contributed by atoms with Crippen LogP contribution in [-0.4, -0.2) is 35.6 Å². The van der Waals surface area contributed by atoms with Gasteiger partial charge in [-0.25, -0.2) is 4.79 Å². The summed E-state index contributed by atoms with van der Waals surface area (Å²) >= 11 is 5.81. The van der Waals surface area contributed by atoms with Crippen molar-refractivity contribution in [1.82, 2.24) is 0 Å². The number of methoxy groups -OCH3 is 1. The zero-order chi connectivity index (χ0) is 24.0. The SMILES string of the molecule is COc1cc(C(=O)OCC(=O)Nc2ccc(O)cc2)ccc1Oc1ccc(Cl)cc1[N+](=O)[O-]. The van der Waals surface area contributed by atoms with E-state index in [0.29, 0.717) is 5.69 Å². The van der Waals surface area contributed by atoms with Crippen LogP contribution in [0.25, 0.3) is 0 Å². The van der Waals surface area contributed by atoms with E-state index < -0.39 is 23.4 Å². The lowest BCUT2D eigenvalue weighted by molar-refractivity contribution is -0.385. The Balaban J connectivity index is 1.67. The minimum Gasteiger partial charge on any atom is -0.508 e. The maximum atomic E-state index is 12.3. The van der Waals surface area contributed by atoms with Gasteiger partial charge in [0, 0.05) is 16.8 Å². The number of phenols is 1. The Morgan fingerprint density at radius 1 is 1.03 bits per heavy atom. The Kier molecular flexibility index (Phi) is 7.31. The Labute approximate surface area is 192 Å². The number of nitrogens with zero attached hydrogens (tertiary/aromatic N) is 1. The Morgan fingerprint density at radius 3 is 2.39 bits per heavy atom. The molecule has 33 heavy (non-hydrogen) atoms. The molecular formula is C22H17ClN2O8. The summed E-state index contributed by atoms with van der Waals surface area (Å²) in [5.74, 6) is -1.16. The summed E-state index contributed by atoms with van der Waals surface area (Å²) in [5.41, 5.74) is 0.156. The maximum absolute atomic E-state index is 12.3.